The first-order valence-electron chi connectivity index (χ1n) is 5.78. The van der Waals surface area contributed by atoms with Crippen LogP contribution in [-0.2, 0) is 11.3 Å². The molecule has 104 valence electrons. The normalized spacial score (nSPS) is 18.8. The molecule has 1 aliphatic rings. The Morgan fingerprint density at radius 3 is 2.79 bits per heavy atom. The Labute approximate surface area is 116 Å². The third-order valence-corrected chi connectivity index (χ3v) is 3.21. The Bertz CT molecular complexity index is 481. The van der Waals surface area contributed by atoms with E-state index in [1.54, 1.807) is 23.1 Å². The Morgan fingerprint density at radius 1 is 1.47 bits per heavy atom. The van der Waals surface area contributed by atoms with Crippen LogP contribution in [0.5, 0.6) is 0 Å². The summed E-state index contributed by atoms with van der Waals surface area (Å²) in [5.74, 6) is -0.855. The highest BCUT2D eigenvalue weighted by atomic mass is 35.5. The summed E-state index contributed by atoms with van der Waals surface area (Å²) in [4.78, 5) is 23.3. The highest BCUT2D eigenvalue weighted by Gasteiger charge is 2.31. The number of nitrogens with zero attached hydrogens (tertiary/aromatic N) is 2. The number of carboxylic acids is 1. The van der Waals surface area contributed by atoms with Gasteiger partial charge in [0.15, 0.2) is 0 Å². The van der Waals surface area contributed by atoms with Crippen molar-refractivity contribution in [1.29, 1.82) is 0 Å². The maximum Gasteiger partial charge on any atom is 0.320 e. The smallest absolute Gasteiger partial charge is 0.320 e. The molecule has 0 bridgehead atoms. The summed E-state index contributed by atoms with van der Waals surface area (Å²) in [7, 11) is 0. The molecule has 1 aliphatic heterocycles. The molecule has 0 radical (unpaired) electrons. The van der Waals surface area contributed by atoms with E-state index in [0.717, 1.165) is 6.42 Å². The van der Waals surface area contributed by atoms with Crippen LogP contribution in [-0.4, -0.2) is 33.5 Å². The number of nitro benzene ring substituents is 1. The molecule has 1 aromatic rings. The standard InChI is InChI=1S/C12H14N2O4.ClH/c15-12(16)11-6-3-7-13(11)8-9-4-1-2-5-10(9)14(17)18;/h1-2,4-5,11H,3,6-8H2,(H,15,16);1H/t11-;/m1./s1. The van der Waals surface area contributed by atoms with Crippen molar-refractivity contribution in [3.63, 3.8) is 0 Å². The molecule has 2 rings (SSSR count). The molecule has 0 aliphatic carbocycles. The van der Waals surface area contributed by atoms with Gasteiger partial charge in [-0.25, -0.2) is 0 Å². The van der Waals surface area contributed by atoms with E-state index in [2.05, 4.69) is 0 Å². The van der Waals surface area contributed by atoms with Crippen LogP contribution in [0.2, 0.25) is 0 Å². The molecule has 1 atom stereocenters. The van der Waals surface area contributed by atoms with E-state index in [1.807, 2.05) is 0 Å². The van der Waals surface area contributed by atoms with Gasteiger partial charge in [0.25, 0.3) is 5.69 Å². The second-order valence-electron chi connectivity index (χ2n) is 4.35. The summed E-state index contributed by atoms with van der Waals surface area (Å²) < 4.78 is 0. The van der Waals surface area contributed by atoms with Crippen LogP contribution in [0.4, 0.5) is 5.69 Å². The number of hydrogen-bond donors (Lipinski definition) is 1. The molecule has 7 heteroatoms. The lowest BCUT2D eigenvalue weighted by atomic mass is 10.1. The number of para-hydroxylation sites is 1. The second kappa shape index (κ2) is 6.49. The van der Waals surface area contributed by atoms with Crippen LogP contribution < -0.4 is 0 Å². The third-order valence-electron chi connectivity index (χ3n) is 3.21. The van der Waals surface area contributed by atoms with Gasteiger partial charge in [0.1, 0.15) is 6.04 Å². The van der Waals surface area contributed by atoms with Crippen LogP contribution in [0.1, 0.15) is 18.4 Å². The number of halogens is 1. The van der Waals surface area contributed by atoms with E-state index in [1.165, 1.54) is 6.07 Å². The molecule has 0 unspecified atom stereocenters. The van der Waals surface area contributed by atoms with Gasteiger partial charge >= 0.3 is 5.97 Å². The molecule has 1 fully saturated rings. The van der Waals surface area contributed by atoms with Crippen LogP contribution in [0.3, 0.4) is 0 Å². The summed E-state index contributed by atoms with van der Waals surface area (Å²) >= 11 is 0. The predicted molar refractivity (Wildman–Crippen MR) is 71.4 cm³/mol. The number of hydrogen-bond acceptors (Lipinski definition) is 4. The van der Waals surface area contributed by atoms with Gasteiger partial charge in [0.2, 0.25) is 0 Å². The van der Waals surface area contributed by atoms with Crippen molar-refractivity contribution in [2.45, 2.75) is 25.4 Å². The number of rotatable bonds is 4. The monoisotopic (exact) mass is 286 g/mol. The van der Waals surface area contributed by atoms with Crippen molar-refractivity contribution in [3.8, 4) is 0 Å². The Kier molecular flexibility index (Phi) is 5.26. The number of nitro groups is 1. The van der Waals surface area contributed by atoms with Crippen molar-refractivity contribution in [2.75, 3.05) is 6.54 Å². The van der Waals surface area contributed by atoms with Gasteiger partial charge in [-0.1, -0.05) is 18.2 Å². The zero-order valence-electron chi connectivity index (χ0n) is 10.2. The molecule has 1 aromatic carbocycles. The summed E-state index contributed by atoms with van der Waals surface area (Å²) in [6, 6.07) is 5.94. The van der Waals surface area contributed by atoms with Crippen LogP contribution in [0.25, 0.3) is 0 Å². The zero-order chi connectivity index (χ0) is 13.1. The Balaban J connectivity index is 0.00000180. The molecular formula is C12H15ClN2O4. The zero-order valence-corrected chi connectivity index (χ0v) is 11.0. The molecule has 0 aromatic heterocycles. The highest BCUT2D eigenvalue weighted by molar-refractivity contribution is 5.85. The van der Waals surface area contributed by atoms with Crippen LogP contribution in [0.15, 0.2) is 24.3 Å². The summed E-state index contributed by atoms with van der Waals surface area (Å²) in [5, 5.41) is 19.9. The van der Waals surface area contributed by atoms with Gasteiger partial charge in [-0.2, -0.15) is 0 Å². The molecule has 6 nitrogen and oxygen atoms in total. The molecule has 1 heterocycles. The minimum atomic E-state index is -0.855. The second-order valence-corrected chi connectivity index (χ2v) is 4.35. The van der Waals surface area contributed by atoms with Crippen molar-refractivity contribution < 1.29 is 14.8 Å². The summed E-state index contributed by atoms with van der Waals surface area (Å²) in [5.41, 5.74) is 0.615. The lowest BCUT2D eigenvalue weighted by Crippen LogP contribution is -2.35. The van der Waals surface area contributed by atoms with E-state index in [-0.39, 0.29) is 18.1 Å². The molecule has 19 heavy (non-hydrogen) atoms. The van der Waals surface area contributed by atoms with Crippen molar-refractivity contribution in [1.82, 2.24) is 4.90 Å². The quantitative estimate of drug-likeness (QED) is 0.676. The summed E-state index contributed by atoms with van der Waals surface area (Å²) in [6.07, 6.45) is 1.42. The number of benzene rings is 1. The van der Waals surface area contributed by atoms with Crippen LogP contribution in [0, 0.1) is 10.1 Å². The first-order chi connectivity index (χ1) is 8.59. The molecule has 1 N–H and O–H groups in total. The Hall–Kier alpha value is -1.66. The van der Waals surface area contributed by atoms with Gasteiger partial charge in [-0.05, 0) is 19.4 Å². The minimum absolute atomic E-state index is 0. The first-order valence-corrected chi connectivity index (χ1v) is 5.78. The topological polar surface area (TPSA) is 83.7 Å². The molecule has 0 amide bonds. The van der Waals surface area contributed by atoms with Gasteiger partial charge in [-0.15, -0.1) is 12.4 Å². The fourth-order valence-corrected chi connectivity index (χ4v) is 2.34. The minimum Gasteiger partial charge on any atom is -0.480 e. The SMILES string of the molecule is Cl.O=C(O)[C@H]1CCCN1Cc1ccccc1[N+](=O)[O-]. The lowest BCUT2D eigenvalue weighted by Gasteiger charge is -2.20. The number of carboxylic acid groups (broad SMARTS) is 1. The number of likely N-dealkylation sites (tertiary alicyclic amines) is 1. The van der Waals surface area contributed by atoms with Gasteiger partial charge in [-0.3, -0.25) is 19.8 Å². The van der Waals surface area contributed by atoms with Gasteiger partial charge in [0, 0.05) is 18.2 Å². The highest BCUT2D eigenvalue weighted by Crippen LogP contribution is 2.24. The summed E-state index contributed by atoms with van der Waals surface area (Å²) in [6.45, 7) is 0.983. The van der Waals surface area contributed by atoms with Gasteiger partial charge < -0.3 is 5.11 Å². The molecular weight excluding hydrogens is 272 g/mol. The molecule has 0 spiro atoms. The lowest BCUT2D eigenvalue weighted by molar-refractivity contribution is -0.385. The Morgan fingerprint density at radius 2 is 2.16 bits per heavy atom. The maximum absolute atomic E-state index is 11.0. The van der Waals surface area contributed by atoms with Crippen molar-refractivity contribution in [2.24, 2.45) is 0 Å². The van der Waals surface area contributed by atoms with Crippen molar-refractivity contribution >= 4 is 24.1 Å². The van der Waals surface area contributed by atoms with Crippen LogP contribution >= 0.6 is 12.4 Å². The van der Waals surface area contributed by atoms with E-state index >= 15 is 0 Å². The maximum atomic E-state index is 11.0. The van der Waals surface area contributed by atoms with Gasteiger partial charge in [0.05, 0.1) is 4.92 Å². The van der Waals surface area contributed by atoms with E-state index < -0.39 is 16.9 Å². The van der Waals surface area contributed by atoms with E-state index in [9.17, 15) is 14.9 Å². The molecule has 0 saturated carbocycles. The molecule has 1 saturated heterocycles. The fraction of sp³-hybridized carbons (Fsp3) is 0.417. The predicted octanol–water partition coefficient (Wildman–Crippen LogP) is 2.07. The first kappa shape index (κ1) is 15.4. The average Bonchev–Trinajstić information content (AvgIpc) is 2.77. The van der Waals surface area contributed by atoms with Crippen molar-refractivity contribution in [3.05, 3.63) is 39.9 Å². The number of carbonyl (C=O) groups is 1. The number of aliphatic carboxylic acids is 1. The fourth-order valence-electron chi connectivity index (χ4n) is 2.34. The third kappa shape index (κ3) is 3.42. The average molecular weight is 287 g/mol. The van der Waals surface area contributed by atoms with E-state index in [0.29, 0.717) is 25.1 Å². The van der Waals surface area contributed by atoms with E-state index in [4.69, 9.17) is 5.11 Å². The largest absolute Gasteiger partial charge is 0.480 e.